The highest BCUT2D eigenvalue weighted by atomic mass is 16.5. The Morgan fingerprint density at radius 1 is 1.26 bits per heavy atom. The van der Waals surface area contributed by atoms with Crippen LogP contribution in [0.4, 0.5) is 0 Å². The molecule has 1 aliphatic heterocycles. The Hall–Kier alpha value is -1.14. The van der Waals surface area contributed by atoms with Gasteiger partial charge in [0.2, 0.25) is 0 Å². The minimum atomic E-state index is -0.438. The Kier molecular flexibility index (Phi) is 6.84. The van der Waals surface area contributed by atoms with E-state index in [2.05, 4.69) is 31.0 Å². The number of benzene rings is 1. The minimum Gasteiger partial charge on any atom is -0.508 e. The number of phenolic OH excluding ortho intramolecular Hbond substituents is 1. The van der Waals surface area contributed by atoms with Crippen molar-refractivity contribution in [3.05, 3.63) is 29.8 Å². The van der Waals surface area contributed by atoms with E-state index in [1.54, 1.807) is 6.07 Å². The molecule has 1 fully saturated rings. The molecular weight excluding hydrogens is 292 g/mol. The van der Waals surface area contributed by atoms with Crippen LogP contribution >= 0.6 is 0 Å². The van der Waals surface area contributed by atoms with Gasteiger partial charge < -0.3 is 20.3 Å². The van der Waals surface area contributed by atoms with Crippen LogP contribution in [-0.2, 0) is 4.74 Å². The summed E-state index contributed by atoms with van der Waals surface area (Å²) in [5.74, 6) is 0.303. The Labute approximate surface area is 139 Å². The van der Waals surface area contributed by atoms with Crippen LogP contribution in [0.5, 0.6) is 5.75 Å². The van der Waals surface area contributed by atoms with Gasteiger partial charge in [-0.15, -0.1) is 0 Å². The fourth-order valence-corrected chi connectivity index (χ4v) is 3.33. The molecule has 1 aromatic carbocycles. The SMILES string of the molecule is CCC(NCC(O)CN1CC(C)OC(C)C1)c1ccccc1O. The van der Waals surface area contributed by atoms with E-state index < -0.39 is 6.10 Å². The average molecular weight is 322 g/mol. The fraction of sp³-hybridized carbons (Fsp3) is 0.667. The summed E-state index contributed by atoms with van der Waals surface area (Å²) >= 11 is 0. The fourth-order valence-electron chi connectivity index (χ4n) is 3.33. The number of nitrogens with zero attached hydrogens (tertiary/aromatic N) is 1. The second-order valence-electron chi connectivity index (χ2n) is 6.56. The number of rotatable bonds is 7. The van der Waals surface area contributed by atoms with Crippen molar-refractivity contribution >= 4 is 0 Å². The summed E-state index contributed by atoms with van der Waals surface area (Å²) in [5.41, 5.74) is 0.885. The standard InChI is InChI=1S/C18H30N2O3/c1-4-17(16-7-5-6-8-18(16)22)19-9-15(21)12-20-10-13(2)23-14(3)11-20/h5-8,13-15,17,19,21-22H,4,9-12H2,1-3H3. The molecule has 0 amide bonds. The van der Waals surface area contributed by atoms with Gasteiger partial charge in [0.1, 0.15) is 5.75 Å². The Balaban J connectivity index is 1.83. The predicted octanol–water partition coefficient (Wildman–Crippen LogP) is 1.90. The number of aliphatic hydroxyl groups excluding tert-OH is 1. The van der Waals surface area contributed by atoms with Crippen LogP contribution in [0.2, 0.25) is 0 Å². The molecule has 1 aliphatic rings. The van der Waals surface area contributed by atoms with Crippen LogP contribution in [0.25, 0.3) is 0 Å². The smallest absolute Gasteiger partial charge is 0.120 e. The van der Waals surface area contributed by atoms with E-state index in [1.807, 2.05) is 18.2 Å². The maximum absolute atomic E-state index is 10.3. The number of aliphatic hydroxyl groups is 1. The van der Waals surface area contributed by atoms with Crippen molar-refractivity contribution in [1.82, 2.24) is 10.2 Å². The van der Waals surface area contributed by atoms with Gasteiger partial charge in [-0.1, -0.05) is 25.1 Å². The van der Waals surface area contributed by atoms with Crippen LogP contribution in [0, 0.1) is 0 Å². The summed E-state index contributed by atoms with van der Waals surface area (Å²) < 4.78 is 5.72. The zero-order valence-corrected chi connectivity index (χ0v) is 14.4. The normalized spacial score (nSPS) is 25.2. The van der Waals surface area contributed by atoms with Gasteiger partial charge >= 0.3 is 0 Å². The highest BCUT2D eigenvalue weighted by molar-refractivity contribution is 5.34. The van der Waals surface area contributed by atoms with Gasteiger partial charge in [0.15, 0.2) is 0 Å². The van der Waals surface area contributed by atoms with Crippen LogP contribution in [-0.4, -0.2) is 59.6 Å². The van der Waals surface area contributed by atoms with Crippen LogP contribution in [0.3, 0.4) is 0 Å². The molecule has 0 radical (unpaired) electrons. The first-order chi connectivity index (χ1) is 11.0. The van der Waals surface area contributed by atoms with Crippen molar-refractivity contribution in [2.45, 2.75) is 51.5 Å². The maximum atomic E-state index is 10.3. The number of hydrogen-bond acceptors (Lipinski definition) is 5. The lowest BCUT2D eigenvalue weighted by Crippen LogP contribution is -2.49. The van der Waals surface area contributed by atoms with E-state index >= 15 is 0 Å². The molecular formula is C18H30N2O3. The van der Waals surface area contributed by atoms with Crippen molar-refractivity contribution in [2.75, 3.05) is 26.2 Å². The molecule has 5 heteroatoms. The van der Waals surface area contributed by atoms with Gasteiger partial charge in [-0.2, -0.15) is 0 Å². The summed E-state index contributed by atoms with van der Waals surface area (Å²) in [4.78, 5) is 2.26. The molecule has 0 spiro atoms. The first kappa shape index (κ1) is 18.2. The first-order valence-corrected chi connectivity index (χ1v) is 8.56. The molecule has 3 N–H and O–H groups in total. The molecule has 1 heterocycles. The Morgan fingerprint density at radius 3 is 2.52 bits per heavy atom. The zero-order chi connectivity index (χ0) is 16.8. The number of ether oxygens (including phenoxy) is 1. The third-order valence-electron chi connectivity index (χ3n) is 4.28. The lowest BCUT2D eigenvalue weighted by atomic mass is 10.0. The van der Waals surface area contributed by atoms with E-state index in [-0.39, 0.29) is 18.2 Å². The van der Waals surface area contributed by atoms with Crippen molar-refractivity contribution < 1.29 is 14.9 Å². The summed E-state index contributed by atoms with van der Waals surface area (Å²) in [6, 6.07) is 7.42. The molecule has 4 atom stereocenters. The molecule has 4 unspecified atom stereocenters. The molecule has 2 rings (SSSR count). The number of β-amino-alcohol motifs (C(OH)–C–C–N with tert-alkyl or cyclic N) is 1. The molecule has 0 saturated carbocycles. The predicted molar refractivity (Wildman–Crippen MR) is 91.6 cm³/mol. The third kappa shape index (κ3) is 5.46. The van der Waals surface area contributed by atoms with Gasteiger partial charge in [-0.05, 0) is 26.3 Å². The molecule has 23 heavy (non-hydrogen) atoms. The van der Waals surface area contributed by atoms with Crippen LogP contribution in [0.15, 0.2) is 24.3 Å². The van der Waals surface area contributed by atoms with Crippen molar-refractivity contribution in [3.8, 4) is 5.75 Å². The van der Waals surface area contributed by atoms with E-state index in [4.69, 9.17) is 4.74 Å². The van der Waals surface area contributed by atoms with Gasteiger partial charge in [0.05, 0.1) is 18.3 Å². The van der Waals surface area contributed by atoms with E-state index in [1.165, 1.54) is 0 Å². The topological polar surface area (TPSA) is 65.0 Å². The van der Waals surface area contributed by atoms with E-state index in [9.17, 15) is 10.2 Å². The van der Waals surface area contributed by atoms with Gasteiger partial charge in [-0.3, -0.25) is 4.90 Å². The minimum absolute atomic E-state index is 0.0494. The number of nitrogens with one attached hydrogen (secondary N) is 1. The zero-order valence-electron chi connectivity index (χ0n) is 14.4. The summed E-state index contributed by atoms with van der Waals surface area (Å²) in [7, 11) is 0. The molecule has 0 aromatic heterocycles. The summed E-state index contributed by atoms with van der Waals surface area (Å²) in [6.45, 7) is 9.07. The Morgan fingerprint density at radius 2 is 1.91 bits per heavy atom. The van der Waals surface area contributed by atoms with E-state index in [0.29, 0.717) is 18.8 Å². The first-order valence-electron chi connectivity index (χ1n) is 8.56. The second-order valence-corrected chi connectivity index (χ2v) is 6.56. The average Bonchev–Trinajstić information content (AvgIpc) is 2.48. The second kappa shape index (κ2) is 8.64. The van der Waals surface area contributed by atoms with Crippen molar-refractivity contribution in [2.24, 2.45) is 0 Å². The van der Waals surface area contributed by atoms with Gasteiger partial charge in [-0.25, -0.2) is 0 Å². The molecule has 5 nitrogen and oxygen atoms in total. The quantitative estimate of drug-likeness (QED) is 0.716. The third-order valence-corrected chi connectivity index (χ3v) is 4.28. The van der Waals surface area contributed by atoms with Gasteiger partial charge in [0.25, 0.3) is 0 Å². The van der Waals surface area contributed by atoms with E-state index in [0.717, 1.165) is 25.1 Å². The highest BCUT2D eigenvalue weighted by Crippen LogP contribution is 2.25. The monoisotopic (exact) mass is 322 g/mol. The lowest BCUT2D eigenvalue weighted by Gasteiger charge is -2.36. The largest absolute Gasteiger partial charge is 0.508 e. The summed E-state index contributed by atoms with van der Waals surface area (Å²) in [5, 5.41) is 23.7. The van der Waals surface area contributed by atoms with Gasteiger partial charge in [0, 0.05) is 37.8 Å². The number of hydrogen-bond donors (Lipinski definition) is 3. The molecule has 1 aromatic rings. The molecule has 130 valence electrons. The van der Waals surface area contributed by atoms with Crippen LogP contribution in [0.1, 0.15) is 38.8 Å². The Bertz CT molecular complexity index is 473. The van der Waals surface area contributed by atoms with Crippen LogP contribution < -0.4 is 5.32 Å². The number of para-hydroxylation sites is 1. The lowest BCUT2D eigenvalue weighted by molar-refractivity contribution is -0.0763. The number of phenols is 1. The summed E-state index contributed by atoms with van der Waals surface area (Å²) in [6.07, 6.45) is 0.843. The van der Waals surface area contributed by atoms with Crippen molar-refractivity contribution in [1.29, 1.82) is 0 Å². The highest BCUT2D eigenvalue weighted by Gasteiger charge is 2.24. The number of aromatic hydroxyl groups is 1. The molecule has 0 aliphatic carbocycles. The maximum Gasteiger partial charge on any atom is 0.120 e. The van der Waals surface area contributed by atoms with Crippen molar-refractivity contribution in [3.63, 3.8) is 0 Å². The molecule has 0 bridgehead atoms. The molecule has 1 saturated heterocycles. The number of morpholine rings is 1.